The minimum atomic E-state index is 0.615. The number of benzene rings is 9. The Morgan fingerprint density at radius 2 is 0.726 bits per heavy atom. The summed E-state index contributed by atoms with van der Waals surface area (Å²) in [6, 6.07) is 79.2. The van der Waals surface area contributed by atoms with Gasteiger partial charge in [0.25, 0.3) is 0 Å². The Hall–Kier alpha value is -8.41. The van der Waals surface area contributed by atoms with Crippen molar-refractivity contribution in [2.45, 2.75) is 0 Å². The molecule has 62 heavy (non-hydrogen) atoms. The third-order valence-electron chi connectivity index (χ3n) is 12.0. The van der Waals surface area contributed by atoms with E-state index in [2.05, 4.69) is 197 Å². The van der Waals surface area contributed by atoms with Crippen LogP contribution in [0.15, 0.2) is 224 Å². The zero-order chi connectivity index (χ0) is 41.0. The molecule has 5 nitrogen and oxygen atoms in total. The first-order chi connectivity index (χ1) is 30.8. The summed E-state index contributed by atoms with van der Waals surface area (Å²) in [4.78, 5) is 15.3. The summed E-state index contributed by atoms with van der Waals surface area (Å²) in [5, 5.41) is 4.86. The van der Waals surface area contributed by atoms with Gasteiger partial charge in [-0.05, 0) is 59.2 Å². The highest BCUT2D eigenvalue weighted by atomic mass is 15.0. The Labute approximate surface area is 358 Å². The fourth-order valence-corrected chi connectivity index (χ4v) is 9.18. The van der Waals surface area contributed by atoms with Gasteiger partial charge in [-0.15, -0.1) is 0 Å². The third-order valence-corrected chi connectivity index (χ3v) is 12.0. The summed E-state index contributed by atoms with van der Waals surface area (Å²) in [6.07, 6.45) is 0. The Morgan fingerprint density at radius 1 is 0.274 bits per heavy atom. The molecule has 0 aliphatic carbocycles. The topological polar surface area (TPSA) is 48.5 Å². The number of nitrogens with zero attached hydrogens (tertiary/aromatic N) is 5. The molecular formula is C57H37N5. The summed E-state index contributed by atoms with van der Waals surface area (Å²) in [6.45, 7) is 0. The number of aromatic nitrogens is 5. The average Bonchev–Trinajstić information content (AvgIpc) is 3.88. The maximum Gasteiger partial charge on any atom is 0.164 e. The molecule has 0 atom stereocenters. The second kappa shape index (κ2) is 14.7. The summed E-state index contributed by atoms with van der Waals surface area (Å²) in [5.74, 6) is 1.87. The van der Waals surface area contributed by atoms with E-state index >= 15 is 0 Å². The van der Waals surface area contributed by atoms with E-state index in [1.807, 2.05) is 36.4 Å². The lowest BCUT2D eigenvalue weighted by atomic mass is 9.97. The van der Waals surface area contributed by atoms with Gasteiger partial charge in [0.2, 0.25) is 0 Å². The van der Waals surface area contributed by atoms with Crippen molar-refractivity contribution in [3.05, 3.63) is 224 Å². The quantitative estimate of drug-likeness (QED) is 0.162. The highest BCUT2D eigenvalue weighted by Crippen LogP contribution is 2.44. The molecule has 12 aromatic rings. The van der Waals surface area contributed by atoms with Gasteiger partial charge < -0.3 is 9.13 Å². The summed E-state index contributed by atoms with van der Waals surface area (Å²) in [7, 11) is 0. The molecule has 0 unspecified atom stereocenters. The van der Waals surface area contributed by atoms with Crippen LogP contribution in [0.4, 0.5) is 0 Å². The molecule has 0 spiro atoms. The van der Waals surface area contributed by atoms with E-state index in [1.54, 1.807) is 0 Å². The first kappa shape index (κ1) is 35.5. The van der Waals surface area contributed by atoms with Crippen molar-refractivity contribution < 1.29 is 0 Å². The lowest BCUT2D eigenvalue weighted by molar-refractivity contribution is 1.07. The fourth-order valence-electron chi connectivity index (χ4n) is 9.18. The predicted molar refractivity (Wildman–Crippen MR) is 256 cm³/mol. The number of rotatable bonds is 7. The van der Waals surface area contributed by atoms with Crippen molar-refractivity contribution in [1.82, 2.24) is 24.1 Å². The molecule has 3 heterocycles. The molecular weight excluding hydrogens is 755 g/mol. The van der Waals surface area contributed by atoms with Crippen molar-refractivity contribution in [1.29, 1.82) is 0 Å². The minimum absolute atomic E-state index is 0.615. The lowest BCUT2D eigenvalue weighted by Gasteiger charge is -2.13. The van der Waals surface area contributed by atoms with Crippen LogP contribution in [0.2, 0.25) is 0 Å². The molecule has 0 amide bonds. The number of hydrogen-bond acceptors (Lipinski definition) is 3. The van der Waals surface area contributed by atoms with Gasteiger partial charge >= 0.3 is 0 Å². The van der Waals surface area contributed by atoms with Crippen LogP contribution in [-0.2, 0) is 0 Å². The minimum Gasteiger partial charge on any atom is -0.309 e. The molecule has 9 aromatic carbocycles. The molecule has 0 saturated carbocycles. The van der Waals surface area contributed by atoms with Crippen LogP contribution in [0.25, 0.3) is 111 Å². The molecule has 3 aromatic heterocycles. The van der Waals surface area contributed by atoms with Gasteiger partial charge in [0.15, 0.2) is 17.5 Å². The Balaban J connectivity index is 1.04. The fraction of sp³-hybridized carbons (Fsp3) is 0. The zero-order valence-corrected chi connectivity index (χ0v) is 33.6. The largest absolute Gasteiger partial charge is 0.309 e. The van der Waals surface area contributed by atoms with Gasteiger partial charge in [0, 0.05) is 55.2 Å². The molecule has 0 saturated heterocycles. The van der Waals surface area contributed by atoms with Crippen molar-refractivity contribution in [2.75, 3.05) is 0 Å². The SMILES string of the molecule is c1ccc(-c2ccc(-c3nc(-c4ccccc4)nc(-c4cccc(-n5c6ccccc6c6c(-c7cccc8c9ccccc9n(-c9ccccc9)c78)cccc65)c4)n3)cc2)cc1. The van der Waals surface area contributed by atoms with Gasteiger partial charge in [-0.2, -0.15) is 0 Å². The van der Waals surface area contributed by atoms with E-state index in [9.17, 15) is 0 Å². The highest BCUT2D eigenvalue weighted by molar-refractivity contribution is 6.20. The average molecular weight is 792 g/mol. The van der Waals surface area contributed by atoms with Gasteiger partial charge in [-0.3, -0.25) is 0 Å². The van der Waals surface area contributed by atoms with Gasteiger partial charge in [-0.1, -0.05) is 182 Å². The Kier molecular flexibility index (Phi) is 8.42. The van der Waals surface area contributed by atoms with Crippen LogP contribution in [0, 0.1) is 0 Å². The van der Waals surface area contributed by atoms with Gasteiger partial charge in [0.05, 0.1) is 22.1 Å². The van der Waals surface area contributed by atoms with Crippen LogP contribution >= 0.6 is 0 Å². The van der Waals surface area contributed by atoms with E-state index in [1.165, 1.54) is 49.3 Å². The van der Waals surface area contributed by atoms with Crippen LogP contribution in [0.1, 0.15) is 0 Å². The smallest absolute Gasteiger partial charge is 0.164 e. The molecule has 0 aliphatic rings. The lowest BCUT2D eigenvalue weighted by Crippen LogP contribution is -2.01. The second-order valence-electron chi connectivity index (χ2n) is 15.6. The first-order valence-electron chi connectivity index (χ1n) is 21.0. The predicted octanol–water partition coefficient (Wildman–Crippen LogP) is 14.4. The maximum atomic E-state index is 5.15. The Bertz CT molecular complexity index is 3610. The van der Waals surface area contributed by atoms with E-state index in [0.717, 1.165) is 44.7 Å². The number of fused-ring (bicyclic) bond motifs is 6. The molecule has 0 fully saturated rings. The molecule has 290 valence electrons. The van der Waals surface area contributed by atoms with Crippen molar-refractivity contribution in [3.8, 4) is 67.8 Å². The molecule has 12 rings (SSSR count). The third kappa shape index (κ3) is 5.90. The normalized spacial score (nSPS) is 11.5. The van der Waals surface area contributed by atoms with Crippen molar-refractivity contribution in [3.63, 3.8) is 0 Å². The molecule has 0 aliphatic heterocycles. The highest BCUT2D eigenvalue weighted by Gasteiger charge is 2.21. The van der Waals surface area contributed by atoms with E-state index in [4.69, 9.17) is 15.0 Å². The Morgan fingerprint density at radius 3 is 1.45 bits per heavy atom. The van der Waals surface area contributed by atoms with Crippen LogP contribution in [-0.4, -0.2) is 24.1 Å². The molecule has 5 heteroatoms. The summed E-state index contributed by atoms with van der Waals surface area (Å²) < 4.78 is 4.80. The monoisotopic (exact) mass is 791 g/mol. The molecule has 0 N–H and O–H groups in total. The van der Waals surface area contributed by atoms with Crippen molar-refractivity contribution in [2.24, 2.45) is 0 Å². The van der Waals surface area contributed by atoms with E-state index in [0.29, 0.717) is 17.5 Å². The summed E-state index contributed by atoms with van der Waals surface area (Å²) in [5.41, 5.74) is 14.3. The van der Waals surface area contributed by atoms with E-state index in [-0.39, 0.29) is 0 Å². The molecule has 0 bridgehead atoms. The van der Waals surface area contributed by atoms with Gasteiger partial charge in [0.1, 0.15) is 0 Å². The van der Waals surface area contributed by atoms with Crippen LogP contribution in [0.5, 0.6) is 0 Å². The number of para-hydroxylation sites is 4. The van der Waals surface area contributed by atoms with Crippen molar-refractivity contribution >= 4 is 43.6 Å². The second-order valence-corrected chi connectivity index (χ2v) is 15.6. The number of hydrogen-bond donors (Lipinski definition) is 0. The van der Waals surface area contributed by atoms with Gasteiger partial charge in [-0.25, -0.2) is 15.0 Å². The van der Waals surface area contributed by atoms with E-state index < -0.39 is 0 Å². The standard InChI is InChI=1S/C57H37N5/c1-4-17-38(18-5-1)39-33-35-41(36-34-39)56-58-55(40-19-6-2-7-20-40)59-57(60-56)42-21-14-24-44(37-42)61-51-31-13-11-26-49(51)53-46(27-16-32-52(53)61)48-29-15-28-47-45-25-10-12-30-50(45)62(54(47)48)43-22-8-3-9-23-43/h1-37H. The van der Waals surface area contributed by atoms with Crippen LogP contribution in [0.3, 0.4) is 0 Å². The first-order valence-corrected chi connectivity index (χ1v) is 21.0. The summed E-state index contributed by atoms with van der Waals surface area (Å²) >= 11 is 0. The molecule has 0 radical (unpaired) electrons. The van der Waals surface area contributed by atoms with Crippen LogP contribution < -0.4 is 0 Å². The maximum absolute atomic E-state index is 5.15. The zero-order valence-electron chi connectivity index (χ0n) is 33.6.